The van der Waals surface area contributed by atoms with Crippen LogP contribution in [0.3, 0.4) is 0 Å². The van der Waals surface area contributed by atoms with Crippen LogP contribution in [0.1, 0.15) is 28.3 Å². The van der Waals surface area contributed by atoms with Crippen LogP contribution >= 0.6 is 11.3 Å². The number of nitriles is 1. The van der Waals surface area contributed by atoms with Crippen LogP contribution in [0, 0.1) is 18.3 Å². The zero-order valence-electron chi connectivity index (χ0n) is 12.0. The van der Waals surface area contributed by atoms with E-state index in [1.165, 1.54) is 0 Å². The smallest absolute Gasteiger partial charge is 0.262 e. The van der Waals surface area contributed by atoms with Crippen molar-refractivity contribution in [3.8, 4) is 6.07 Å². The molecule has 1 heterocycles. The van der Waals surface area contributed by atoms with Gasteiger partial charge in [0.2, 0.25) is 0 Å². The lowest BCUT2D eigenvalue weighted by Crippen LogP contribution is -2.27. The Morgan fingerprint density at radius 3 is 2.57 bits per heavy atom. The molecule has 2 aromatic rings. The number of carbonyl (C=O) groups is 1. The fraction of sp³-hybridized carbons (Fsp3) is 0.176. The zero-order valence-corrected chi connectivity index (χ0v) is 12.8. The highest BCUT2D eigenvalue weighted by Gasteiger charge is 2.13. The quantitative estimate of drug-likeness (QED) is 0.688. The van der Waals surface area contributed by atoms with E-state index in [9.17, 15) is 10.1 Å². The maximum atomic E-state index is 12.2. The molecular formula is C17H16N2OS. The molecule has 2 rings (SSSR count). The minimum absolute atomic E-state index is 0.125. The first-order valence-electron chi connectivity index (χ1n) is 6.64. The van der Waals surface area contributed by atoms with Crippen LogP contribution in [0.5, 0.6) is 0 Å². The second-order valence-electron chi connectivity index (χ2n) is 4.72. The van der Waals surface area contributed by atoms with Gasteiger partial charge in [0.05, 0.1) is 6.04 Å². The van der Waals surface area contributed by atoms with Gasteiger partial charge in [-0.1, -0.05) is 30.3 Å². The lowest BCUT2D eigenvalue weighted by Gasteiger charge is -2.13. The summed E-state index contributed by atoms with van der Waals surface area (Å²) in [7, 11) is 0. The molecule has 0 aliphatic heterocycles. The van der Waals surface area contributed by atoms with Gasteiger partial charge in [-0.3, -0.25) is 4.79 Å². The fourth-order valence-corrected chi connectivity index (χ4v) is 2.74. The van der Waals surface area contributed by atoms with Gasteiger partial charge in [0.15, 0.2) is 0 Å². The van der Waals surface area contributed by atoms with E-state index in [1.54, 1.807) is 17.4 Å². The third-order valence-corrected chi connectivity index (χ3v) is 4.01. The zero-order chi connectivity index (χ0) is 15.2. The second kappa shape index (κ2) is 6.87. The summed E-state index contributed by atoms with van der Waals surface area (Å²) in [6.45, 7) is 3.89. The Kier molecular flexibility index (Phi) is 4.91. The lowest BCUT2D eigenvalue weighted by atomic mass is 10.1. The minimum Gasteiger partial charge on any atom is -0.345 e. The Balaban J connectivity index is 2.11. The van der Waals surface area contributed by atoms with E-state index < -0.39 is 0 Å². The Labute approximate surface area is 128 Å². The molecule has 0 aliphatic rings. The first-order chi connectivity index (χ1) is 10.1. The average molecular weight is 296 g/mol. The van der Waals surface area contributed by atoms with Crippen LogP contribution in [-0.4, -0.2) is 5.91 Å². The predicted octanol–water partition coefficient (Wildman–Crippen LogP) is 3.84. The summed E-state index contributed by atoms with van der Waals surface area (Å²) in [4.78, 5) is 14.2. The fourth-order valence-electron chi connectivity index (χ4n) is 1.92. The molecule has 0 saturated heterocycles. The van der Waals surface area contributed by atoms with Crippen molar-refractivity contribution < 1.29 is 4.79 Å². The van der Waals surface area contributed by atoms with Crippen molar-refractivity contribution in [3.05, 3.63) is 63.4 Å². The Bertz CT molecular complexity index is 695. The van der Waals surface area contributed by atoms with E-state index in [-0.39, 0.29) is 17.5 Å². The number of nitrogens with one attached hydrogen (secondary N) is 1. The van der Waals surface area contributed by atoms with Gasteiger partial charge in [-0.15, -0.1) is 11.3 Å². The highest BCUT2D eigenvalue weighted by atomic mass is 32.1. The van der Waals surface area contributed by atoms with Crippen molar-refractivity contribution >= 4 is 23.3 Å². The van der Waals surface area contributed by atoms with Crippen molar-refractivity contribution in [1.29, 1.82) is 5.26 Å². The summed E-state index contributed by atoms with van der Waals surface area (Å²) in [6.07, 6.45) is 1.63. The molecule has 0 radical (unpaired) electrons. The van der Waals surface area contributed by atoms with Crippen LogP contribution in [0.15, 0.2) is 48.0 Å². The van der Waals surface area contributed by atoms with Gasteiger partial charge >= 0.3 is 0 Å². The lowest BCUT2D eigenvalue weighted by molar-refractivity contribution is -0.117. The van der Waals surface area contributed by atoms with Crippen molar-refractivity contribution in [1.82, 2.24) is 5.32 Å². The normalized spacial score (nSPS) is 12.5. The summed E-state index contributed by atoms with van der Waals surface area (Å²) in [5.41, 5.74) is 1.13. The minimum atomic E-state index is -0.347. The summed E-state index contributed by atoms with van der Waals surface area (Å²) in [6, 6.07) is 15.4. The molecule has 106 valence electrons. The van der Waals surface area contributed by atoms with Gasteiger partial charge in [-0.2, -0.15) is 5.26 Å². The second-order valence-corrected chi connectivity index (χ2v) is 6.04. The number of rotatable bonds is 4. The summed E-state index contributed by atoms with van der Waals surface area (Å²) < 4.78 is 0. The van der Waals surface area contributed by atoms with E-state index >= 15 is 0 Å². The molecule has 1 atom stereocenters. The number of benzene rings is 1. The van der Waals surface area contributed by atoms with Gasteiger partial charge in [0.25, 0.3) is 5.91 Å². The van der Waals surface area contributed by atoms with Crippen LogP contribution < -0.4 is 5.32 Å². The SMILES string of the molecule is Cc1ccc(/C=C(/C#N)C(=O)NC(C)c2ccccc2)s1. The summed E-state index contributed by atoms with van der Waals surface area (Å²) in [5, 5.41) is 12.0. The first-order valence-corrected chi connectivity index (χ1v) is 7.46. The molecule has 4 heteroatoms. The number of carbonyl (C=O) groups excluding carboxylic acids is 1. The molecule has 1 unspecified atom stereocenters. The van der Waals surface area contributed by atoms with Gasteiger partial charge in [-0.25, -0.2) is 0 Å². The molecular weight excluding hydrogens is 280 g/mol. The topological polar surface area (TPSA) is 52.9 Å². The standard InChI is InChI=1S/C17H16N2OS/c1-12-8-9-16(21-12)10-15(11-18)17(20)19-13(2)14-6-4-3-5-7-14/h3-10,13H,1-2H3,(H,19,20)/b15-10-. The number of aryl methyl sites for hydroxylation is 1. The molecule has 0 fully saturated rings. The van der Waals surface area contributed by atoms with E-state index in [0.717, 1.165) is 15.3 Å². The van der Waals surface area contributed by atoms with E-state index in [4.69, 9.17) is 0 Å². The van der Waals surface area contributed by atoms with Crippen molar-refractivity contribution in [2.45, 2.75) is 19.9 Å². The molecule has 1 N–H and O–H groups in total. The molecule has 1 aromatic heterocycles. The molecule has 0 spiro atoms. The Hall–Kier alpha value is -2.38. The molecule has 21 heavy (non-hydrogen) atoms. The van der Waals surface area contributed by atoms with Crippen molar-refractivity contribution in [2.24, 2.45) is 0 Å². The average Bonchev–Trinajstić information content (AvgIpc) is 2.90. The number of amides is 1. The van der Waals surface area contributed by atoms with E-state index in [0.29, 0.717) is 0 Å². The summed E-state index contributed by atoms with van der Waals surface area (Å²) in [5.74, 6) is -0.347. The number of hydrogen-bond donors (Lipinski definition) is 1. The van der Waals surface area contributed by atoms with Gasteiger partial charge in [-0.05, 0) is 37.6 Å². The first kappa shape index (κ1) is 15.0. The van der Waals surface area contributed by atoms with Gasteiger partial charge in [0.1, 0.15) is 11.6 Å². The van der Waals surface area contributed by atoms with Crippen molar-refractivity contribution in [3.63, 3.8) is 0 Å². The maximum Gasteiger partial charge on any atom is 0.262 e. The maximum absolute atomic E-state index is 12.2. The Morgan fingerprint density at radius 2 is 2.00 bits per heavy atom. The molecule has 3 nitrogen and oxygen atoms in total. The van der Waals surface area contributed by atoms with Crippen LogP contribution in [0.4, 0.5) is 0 Å². The van der Waals surface area contributed by atoms with Crippen LogP contribution in [-0.2, 0) is 4.79 Å². The molecule has 0 saturated carbocycles. The molecule has 0 bridgehead atoms. The number of nitrogens with zero attached hydrogens (tertiary/aromatic N) is 1. The monoisotopic (exact) mass is 296 g/mol. The van der Waals surface area contributed by atoms with Crippen molar-refractivity contribution in [2.75, 3.05) is 0 Å². The molecule has 1 amide bonds. The molecule has 1 aromatic carbocycles. The Morgan fingerprint density at radius 1 is 1.29 bits per heavy atom. The highest BCUT2D eigenvalue weighted by Crippen LogP contribution is 2.19. The highest BCUT2D eigenvalue weighted by molar-refractivity contribution is 7.12. The molecule has 0 aliphatic carbocycles. The van der Waals surface area contributed by atoms with Crippen LogP contribution in [0.25, 0.3) is 6.08 Å². The number of hydrogen-bond acceptors (Lipinski definition) is 3. The number of thiophene rings is 1. The third-order valence-electron chi connectivity index (χ3n) is 3.06. The summed E-state index contributed by atoms with van der Waals surface area (Å²) >= 11 is 1.56. The van der Waals surface area contributed by atoms with Gasteiger partial charge in [0, 0.05) is 9.75 Å². The van der Waals surface area contributed by atoms with Crippen LogP contribution in [0.2, 0.25) is 0 Å². The largest absolute Gasteiger partial charge is 0.345 e. The van der Waals surface area contributed by atoms with Gasteiger partial charge < -0.3 is 5.32 Å². The van der Waals surface area contributed by atoms with E-state index in [2.05, 4.69) is 5.32 Å². The third kappa shape index (κ3) is 4.04. The predicted molar refractivity (Wildman–Crippen MR) is 85.6 cm³/mol. The van der Waals surface area contributed by atoms with E-state index in [1.807, 2.05) is 62.4 Å².